The maximum absolute atomic E-state index is 13.4. The molecule has 0 radical (unpaired) electrons. The van der Waals surface area contributed by atoms with Crippen LogP contribution < -0.4 is 0 Å². The van der Waals surface area contributed by atoms with Gasteiger partial charge in [0.1, 0.15) is 0 Å². The van der Waals surface area contributed by atoms with Gasteiger partial charge in [0.2, 0.25) is 0 Å². The summed E-state index contributed by atoms with van der Waals surface area (Å²) in [4.78, 5) is 4.47. The van der Waals surface area contributed by atoms with Crippen LogP contribution in [0, 0.1) is 6.92 Å². The Morgan fingerprint density at radius 3 is 2.71 bits per heavy atom. The monoisotopic (exact) mass is 291 g/mol. The smallest absolute Gasteiger partial charge is 0.264 e. The molecule has 3 aromatic rings. The van der Waals surface area contributed by atoms with Crippen LogP contribution in [-0.2, 0) is 13.6 Å². The van der Waals surface area contributed by atoms with E-state index in [9.17, 15) is 8.78 Å². The Bertz CT molecular complexity index is 803. The molecule has 0 unspecified atom stereocenters. The molecule has 0 saturated heterocycles. The molecule has 7 heteroatoms. The van der Waals surface area contributed by atoms with Gasteiger partial charge in [-0.25, -0.2) is 13.8 Å². The summed E-state index contributed by atoms with van der Waals surface area (Å²) >= 11 is 0. The average molecular weight is 291 g/mol. The van der Waals surface area contributed by atoms with Gasteiger partial charge in [0.25, 0.3) is 6.43 Å². The number of rotatable bonds is 3. The lowest BCUT2D eigenvalue weighted by Crippen LogP contribution is -1.96. The third kappa shape index (κ3) is 2.18. The van der Waals surface area contributed by atoms with Gasteiger partial charge in [0.15, 0.2) is 5.65 Å². The molecule has 0 amide bonds. The van der Waals surface area contributed by atoms with Gasteiger partial charge in [-0.15, -0.1) is 0 Å². The van der Waals surface area contributed by atoms with E-state index < -0.39 is 6.43 Å². The van der Waals surface area contributed by atoms with Crippen molar-refractivity contribution >= 4 is 11.0 Å². The molecule has 0 atom stereocenters. The van der Waals surface area contributed by atoms with Crippen LogP contribution >= 0.6 is 0 Å². The molecule has 0 saturated carbocycles. The Balaban J connectivity index is 2.27. The van der Waals surface area contributed by atoms with Crippen LogP contribution in [0.1, 0.15) is 24.6 Å². The van der Waals surface area contributed by atoms with E-state index in [0.29, 0.717) is 22.4 Å². The first kappa shape index (κ1) is 13.7. The molecule has 0 N–H and O–H groups in total. The second-order valence-corrected chi connectivity index (χ2v) is 4.89. The summed E-state index contributed by atoms with van der Waals surface area (Å²) in [7, 11) is 1.71. The van der Waals surface area contributed by atoms with Gasteiger partial charge in [0, 0.05) is 30.9 Å². The molecule has 0 aliphatic rings. The minimum Gasteiger partial charge on any atom is -0.272 e. The molecule has 0 aliphatic heterocycles. The van der Waals surface area contributed by atoms with E-state index in [4.69, 9.17) is 0 Å². The highest BCUT2D eigenvalue weighted by Crippen LogP contribution is 2.32. The molecule has 3 aromatic heterocycles. The van der Waals surface area contributed by atoms with E-state index >= 15 is 0 Å². The molecule has 0 spiro atoms. The van der Waals surface area contributed by atoms with Gasteiger partial charge >= 0.3 is 0 Å². The first-order valence-electron chi connectivity index (χ1n) is 6.66. The molecule has 3 heterocycles. The lowest BCUT2D eigenvalue weighted by atomic mass is 10.1. The largest absolute Gasteiger partial charge is 0.272 e. The lowest BCUT2D eigenvalue weighted by Gasteiger charge is -2.06. The minimum atomic E-state index is -2.57. The van der Waals surface area contributed by atoms with Crippen molar-refractivity contribution in [3.8, 4) is 11.3 Å². The third-order valence-electron chi connectivity index (χ3n) is 3.49. The van der Waals surface area contributed by atoms with Crippen LogP contribution in [0.15, 0.2) is 18.5 Å². The van der Waals surface area contributed by atoms with Crippen LogP contribution in [0.4, 0.5) is 8.78 Å². The number of hydrogen-bond acceptors (Lipinski definition) is 3. The van der Waals surface area contributed by atoms with Crippen LogP contribution in [0.3, 0.4) is 0 Å². The Kier molecular flexibility index (Phi) is 3.19. The fourth-order valence-electron chi connectivity index (χ4n) is 2.47. The van der Waals surface area contributed by atoms with Crippen molar-refractivity contribution in [2.24, 2.45) is 7.05 Å². The van der Waals surface area contributed by atoms with Crippen molar-refractivity contribution < 1.29 is 8.78 Å². The zero-order valence-electron chi connectivity index (χ0n) is 12.0. The molecule has 110 valence electrons. The molecule has 5 nitrogen and oxygen atoms in total. The van der Waals surface area contributed by atoms with Crippen molar-refractivity contribution in [3.05, 3.63) is 29.7 Å². The standard InChI is InChI=1S/C14H15F2N5/c1-4-21-7-9(6-17-21)11-5-10(13(15)16)12-8(2)19-20(3)14(12)18-11/h5-7,13H,4H2,1-3H3. The van der Waals surface area contributed by atoms with E-state index in [0.717, 1.165) is 12.1 Å². The van der Waals surface area contributed by atoms with Gasteiger partial charge in [0.05, 0.1) is 23.0 Å². The number of halogens is 2. The Morgan fingerprint density at radius 2 is 2.10 bits per heavy atom. The average Bonchev–Trinajstić information content (AvgIpc) is 3.04. The Morgan fingerprint density at radius 1 is 1.33 bits per heavy atom. The van der Waals surface area contributed by atoms with E-state index in [1.54, 1.807) is 31.0 Å². The normalized spacial score (nSPS) is 11.7. The van der Waals surface area contributed by atoms with Crippen LogP contribution in [0.25, 0.3) is 22.3 Å². The second kappa shape index (κ2) is 4.91. The summed E-state index contributed by atoms with van der Waals surface area (Å²) in [5, 5.41) is 8.78. The Hall–Kier alpha value is -2.31. The molecule has 0 fully saturated rings. The van der Waals surface area contributed by atoms with E-state index in [-0.39, 0.29) is 5.56 Å². The first-order chi connectivity index (χ1) is 10.0. The number of fused-ring (bicyclic) bond motifs is 1. The predicted molar refractivity (Wildman–Crippen MR) is 75.1 cm³/mol. The zero-order valence-corrected chi connectivity index (χ0v) is 12.0. The molecular weight excluding hydrogens is 276 g/mol. The second-order valence-electron chi connectivity index (χ2n) is 4.89. The molecule has 21 heavy (non-hydrogen) atoms. The summed E-state index contributed by atoms with van der Waals surface area (Å²) in [6.07, 6.45) is 0.862. The van der Waals surface area contributed by atoms with Crippen molar-refractivity contribution in [2.45, 2.75) is 26.8 Å². The van der Waals surface area contributed by atoms with Crippen molar-refractivity contribution in [1.82, 2.24) is 24.5 Å². The number of nitrogens with zero attached hydrogens (tertiary/aromatic N) is 5. The topological polar surface area (TPSA) is 48.5 Å². The van der Waals surface area contributed by atoms with Crippen molar-refractivity contribution in [1.29, 1.82) is 0 Å². The van der Waals surface area contributed by atoms with Gasteiger partial charge < -0.3 is 0 Å². The molecule has 0 aromatic carbocycles. The SMILES string of the molecule is CCn1cc(-c2cc(C(F)F)c3c(C)nn(C)c3n2)cn1. The highest BCUT2D eigenvalue weighted by molar-refractivity contribution is 5.85. The van der Waals surface area contributed by atoms with E-state index in [2.05, 4.69) is 15.2 Å². The maximum Gasteiger partial charge on any atom is 0.264 e. The van der Waals surface area contributed by atoms with E-state index in [1.807, 2.05) is 6.92 Å². The van der Waals surface area contributed by atoms with Gasteiger partial charge in [-0.2, -0.15) is 10.2 Å². The molecular formula is C14H15F2N5. The summed E-state index contributed by atoms with van der Waals surface area (Å²) in [6, 6.07) is 1.43. The summed E-state index contributed by atoms with van der Waals surface area (Å²) in [5.74, 6) is 0. The summed E-state index contributed by atoms with van der Waals surface area (Å²) in [6.45, 7) is 4.39. The highest BCUT2D eigenvalue weighted by atomic mass is 19.3. The molecule has 0 aliphatic carbocycles. The fourth-order valence-corrected chi connectivity index (χ4v) is 2.47. The molecule has 0 bridgehead atoms. The number of aromatic nitrogens is 5. The van der Waals surface area contributed by atoms with Crippen LogP contribution in [0.2, 0.25) is 0 Å². The van der Waals surface area contributed by atoms with Gasteiger partial charge in [-0.1, -0.05) is 0 Å². The minimum absolute atomic E-state index is 0.0372. The van der Waals surface area contributed by atoms with Crippen LogP contribution in [-0.4, -0.2) is 24.5 Å². The third-order valence-corrected chi connectivity index (χ3v) is 3.49. The van der Waals surface area contributed by atoms with Gasteiger partial charge in [-0.3, -0.25) is 9.36 Å². The molecule has 3 rings (SSSR count). The predicted octanol–water partition coefficient (Wildman–Crippen LogP) is 3.10. The first-order valence-corrected chi connectivity index (χ1v) is 6.66. The lowest BCUT2D eigenvalue weighted by molar-refractivity contribution is 0.153. The number of alkyl halides is 2. The van der Waals surface area contributed by atoms with Crippen molar-refractivity contribution in [2.75, 3.05) is 0 Å². The zero-order chi connectivity index (χ0) is 15.1. The highest BCUT2D eigenvalue weighted by Gasteiger charge is 2.20. The number of hydrogen-bond donors (Lipinski definition) is 0. The van der Waals surface area contributed by atoms with E-state index in [1.165, 1.54) is 10.7 Å². The maximum atomic E-state index is 13.4. The fraction of sp³-hybridized carbons (Fsp3) is 0.357. The summed E-state index contributed by atoms with van der Waals surface area (Å²) in [5.41, 5.74) is 2.19. The number of aryl methyl sites for hydroxylation is 3. The quantitative estimate of drug-likeness (QED) is 0.745. The van der Waals surface area contributed by atoms with Crippen molar-refractivity contribution in [3.63, 3.8) is 0 Å². The summed E-state index contributed by atoms with van der Waals surface area (Å²) < 4.78 is 30.0. The Labute approximate surface area is 120 Å². The van der Waals surface area contributed by atoms with Gasteiger partial charge in [-0.05, 0) is 19.9 Å². The van der Waals surface area contributed by atoms with Crippen LogP contribution in [0.5, 0.6) is 0 Å². The number of pyridine rings is 1.